The number of alkyl halides is 1. The van der Waals surface area contributed by atoms with Crippen molar-refractivity contribution in [2.45, 2.75) is 0 Å². The Bertz CT molecular complexity index is 220. The van der Waals surface area contributed by atoms with Gasteiger partial charge >= 0.3 is 21.1 Å². The smallest absolute Gasteiger partial charge is 0.781 e. The molecule has 4 unspecified atom stereocenters. The largest absolute Gasteiger partial charge is 4.00 e. The Morgan fingerprint density at radius 1 is 0.833 bits per heavy atom. The van der Waals surface area contributed by atoms with Gasteiger partial charge in [-0.25, -0.2) is 0 Å². The van der Waals surface area contributed by atoms with Crippen molar-refractivity contribution in [2.24, 2.45) is 0 Å². The van der Waals surface area contributed by atoms with Crippen molar-refractivity contribution < 1.29 is 72.6 Å². The first-order valence-corrected chi connectivity index (χ1v) is 8.47. The van der Waals surface area contributed by atoms with E-state index in [2.05, 4.69) is 20.2 Å². The summed E-state index contributed by atoms with van der Waals surface area (Å²) in [6.07, 6.45) is 0. The molecular formula is CH7ClO11P4W. The van der Waals surface area contributed by atoms with E-state index in [1.54, 1.807) is 0 Å². The topological polar surface area (TPSA) is 199 Å². The third-order valence-corrected chi connectivity index (χ3v) is 3.00. The van der Waals surface area contributed by atoms with Gasteiger partial charge in [0.1, 0.15) is 39.1 Å². The predicted molar refractivity (Wildman–Crippen MR) is 51.1 cm³/mol. The van der Waals surface area contributed by atoms with Gasteiger partial charge in [-0.3, -0.25) is 8.62 Å². The van der Waals surface area contributed by atoms with Gasteiger partial charge in [0, 0.05) is 0 Å². The average molecular weight is 538 g/mol. The Labute approximate surface area is 123 Å². The zero-order valence-electron chi connectivity index (χ0n) is 8.02. The number of aliphatic hydroxyl groups excluding tert-OH is 1. The van der Waals surface area contributed by atoms with Crippen molar-refractivity contribution in [1.82, 2.24) is 0 Å². The van der Waals surface area contributed by atoms with E-state index in [0.717, 1.165) is 0 Å². The minimum absolute atomic E-state index is 0. The summed E-state index contributed by atoms with van der Waals surface area (Å²) >= 11 is 4.55. The van der Waals surface area contributed by atoms with Gasteiger partial charge in [-0.1, -0.05) is 11.6 Å². The molecule has 17 heteroatoms. The molecule has 110 valence electrons. The Morgan fingerprint density at radius 2 is 0.944 bits per heavy atom. The Kier molecular flexibility index (Phi) is 32.4. The van der Waals surface area contributed by atoms with Gasteiger partial charge in [0.25, 0.3) is 0 Å². The molecule has 0 fully saturated rings. The summed E-state index contributed by atoms with van der Waals surface area (Å²) in [7, 11) is -14.1. The first-order valence-electron chi connectivity index (χ1n) is 3.03. The van der Waals surface area contributed by atoms with E-state index in [-0.39, 0.29) is 27.1 Å². The Balaban J connectivity index is -0.0000000857. The molecule has 0 aliphatic heterocycles. The fraction of sp³-hybridized carbons (Fsp3) is 1.00. The average Bonchev–Trinajstić information content (AvgIpc) is 1.99. The summed E-state index contributed by atoms with van der Waals surface area (Å²) in [5.74, 6) is 0. The fourth-order valence-electron chi connectivity index (χ4n) is 0.136. The number of hydrogen-bond acceptors (Lipinski definition) is 11. The maximum atomic E-state index is 9.29. The molecule has 0 saturated heterocycles. The van der Waals surface area contributed by atoms with E-state index in [1.807, 2.05) is 0 Å². The summed E-state index contributed by atoms with van der Waals surface area (Å²) in [5, 5.41) is 7.33. The van der Waals surface area contributed by atoms with E-state index in [9.17, 15) is 37.8 Å². The van der Waals surface area contributed by atoms with Gasteiger partial charge in [0.15, 0.2) is 0 Å². The van der Waals surface area contributed by atoms with E-state index in [0.29, 0.717) is 0 Å². The number of aliphatic hydroxyl groups is 1. The van der Waals surface area contributed by atoms with Crippen molar-refractivity contribution in [3.8, 4) is 0 Å². The normalized spacial score (nSPS) is 15.4. The fourth-order valence-corrected chi connectivity index (χ4v) is 1.22. The molecule has 0 rings (SSSR count). The van der Waals surface area contributed by atoms with Crippen LogP contribution in [0.3, 0.4) is 0 Å². The van der Waals surface area contributed by atoms with Crippen LogP contribution in [0.15, 0.2) is 0 Å². The summed E-state index contributed by atoms with van der Waals surface area (Å²) in [6, 6.07) is -0.278. The van der Waals surface area contributed by atoms with Crippen LogP contribution < -0.4 is 19.6 Å². The molecule has 0 heterocycles. The molecule has 18 heavy (non-hydrogen) atoms. The zero-order chi connectivity index (χ0) is 14.4. The molecular weight excluding hydrogens is 531 g/mol. The van der Waals surface area contributed by atoms with E-state index in [1.165, 1.54) is 0 Å². The second-order valence-electron chi connectivity index (χ2n) is 1.32. The van der Waals surface area contributed by atoms with Crippen molar-refractivity contribution in [3.63, 3.8) is 0 Å². The monoisotopic (exact) mass is 538 g/mol. The van der Waals surface area contributed by atoms with Crippen LogP contribution in [0, 0.1) is 0 Å². The van der Waals surface area contributed by atoms with Crippen LogP contribution in [0.25, 0.3) is 0 Å². The van der Waals surface area contributed by atoms with Gasteiger partial charge < -0.3 is 42.9 Å². The van der Waals surface area contributed by atoms with Crippen molar-refractivity contribution in [2.75, 3.05) is 6.07 Å². The molecule has 0 aromatic carbocycles. The van der Waals surface area contributed by atoms with Crippen LogP contribution in [0.1, 0.15) is 0 Å². The van der Waals surface area contributed by atoms with Crippen LogP contribution in [-0.2, 0) is 47.9 Å². The molecule has 0 spiro atoms. The summed E-state index contributed by atoms with van der Waals surface area (Å²) in [4.78, 5) is 37.1. The molecule has 11 nitrogen and oxygen atoms in total. The molecule has 0 radical (unpaired) electrons. The second kappa shape index (κ2) is 20.9. The molecule has 0 amide bonds. The molecule has 0 aromatic rings. The van der Waals surface area contributed by atoms with Gasteiger partial charge in [-0.2, -0.15) is 0 Å². The minimum Gasteiger partial charge on any atom is -0.781 e. The molecule has 0 aliphatic rings. The molecule has 0 aromatic heterocycles. The predicted octanol–water partition coefficient (Wildman–Crippen LogP) is -2.82. The molecule has 0 saturated carbocycles. The minimum atomic E-state index is -3.51. The molecule has 0 aliphatic carbocycles. The SMILES string of the molecule is O=[PH]([O-])O[PH](=O)[O-].O=[PH]([O-])O[PH](=O)[O-].OCCl.[W+4]. The number of hydrogen-bond donors (Lipinski definition) is 1. The summed E-state index contributed by atoms with van der Waals surface area (Å²) in [5.41, 5.74) is 0. The van der Waals surface area contributed by atoms with Crippen LogP contribution in [0.2, 0.25) is 0 Å². The van der Waals surface area contributed by atoms with Crippen molar-refractivity contribution in [3.05, 3.63) is 0 Å². The van der Waals surface area contributed by atoms with Crippen molar-refractivity contribution >= 4 is 44.6 Å². The van der Waals surface area contributed by atoms with Gasteiger partial charge in [-0.05, 0) is 0 Å². The zero-order valence-corrected chi connectivity index (χ0v) is 15.7. The number of rotatable bonds is 4. The summed E-state index contributed by atoms with van der Waals surface area (Å²) < 4.78 is 43.6. The maximum Gasteiger partial charge on any atom is 4.00 e. The van der Waals surface area contributed by atoms with Gasteiger partial charge in [0.05, 0.1) is 0 Å². The van der Waals surface area contributed by atoms with E-state index < -0.39 is 33.0 Å². The summed E-state index contributed by atoms with van der Waals surface area (Å²) in [6.45, 7) is 0. The number of halogens is 1. The van der Waals surface area contributed by atoms with Crippen LogP contribution >= 0.6 is 44.6 Å². The third kappa shape index (κ3) is 52.6. The van der Waals surface area contributed by atoms with E-state index >= 15 is 0 Å². The Hall–Kier alpha value is 1.62. The van der Waals surface area contributed by atoms with Gasteiger partial charge in [0.2, 0.25) is 0 Å². The Morgan fingerprint density at radius 3 is 0.944 bits per heavy atom. The third-order valence-electron chi connectivity index (χ3n) is 0.333. The molecule has 4 atom stereocenters. The molecule has 1 N–H and O–H groups in total. The first-order chi connectivity index (χ1) is 7.67. The van der Waals surface area contributed by atoms with E-state index in [4.69, 9.17) is 5.11 Å². The standard InChI is InChI=1S/CH3ClO.2H4O5P2.W/c2-1-3;2*1-6(2)5-7(3)4;/h3H,1H2;2*6-7H,(H,1,2)(H,3,4);/q;;;+4/p-4. The van der Waals surface area contributed by atoms with Gasteiger partial charge in [-0.15, -0.1) is 0 Å². The van der Waals surface area contributed by atoms with Crippen LogP contribution in [-0.4, -0.2) is 11.2 Å². The van der Waals surface area contributed by atoms with Crippen LogP contribution in [0.4, 0.5) is 0 Å². The second-order valence-corrected chi connectivity index (χ2v) is 5.20. The van der Waals surface area contributed by atoms with Crippen LogP contribution in [0.5, 0.6) is 0 Å². The maximum absolute atomic E-state index is 9.29. The quantitative estimate of drug-likeness (QED) is 0.286. The molecule has 0 bridgehead atoms. The van der Waals surface area contributed by atoms with Crippen molar-refractivity contribution in [1.29, 1.82) is 0 Å². The first kappa shape index (κ1) is 27.9.